The van der Waals surface area contributed by atoms with E-state index in [-0.39, 0.29) is 17.8 Å². The van der Waals surface area contributed by atoms with Crippen LogP contribution in [-0.4, -0.2) is 18.0 Å². The largest absolute Gasteiger partial charge is 0.377 e. The lowest BCUT2D eigenvalue weighted by Crippen LogP contribution is -2.14. The molecular formula is C20H19FN2O2. The van der Waals surface area contributed by atoms with E-state index in [1.807, 2.05) is 31.2 Å². The lowest BCUT2D eigenvalue weighted by atomic mass is 10.1. The highest BCUT2D eigenvalue weighted by atomic mass is 19.1. The first-order valence-corrected chi connectivity index (χ1v) is 7.99. The summed E-state index contributed by atoms with van der Waals surface area (Å²) in [4.78, 5) is 17.0. The number of pyridine rings is 1. The standard InChI is InChI=1S/C20H19FN2O2/c1-12-18(10-15-7-8-16(21)11-19(15)22-12)20(24)23-17-6-4-5-14(9-17)13(2)25-3/h4-11,13H,1-3H3,(H,23,24)/t13-/m0/s1. The number of hydrogen-bond acceptors (Lipinski definition) is 3. The zero-order valence-electron chi connectivity index (χ0n) is 14.3. The van der Waals surface area contributed by atoms with Crippen molar-refractivity contribution in [3.05, 3.63) is 71.2 Å². The smallest absolute Gasteiger partial charge is 0.257 e. The van der Waals surface area contributed by atoms with Crippen molar-refractivity contribution in [3.63, 3.8) is 0 Å². The third-order valence-electron chi connectivity index (χ3n) is 4.18. The van der Waals surface area contributed by atoms with E-state index in [0.29, 0.717) is 22.5 Å². The van der Waals surface area contributed by atoms with Gasteiger partial charge in [-0.05, 0) is 49.7 Å². The summed E-state index contributed by atoms with van der Waals surface area (Å²) in [5, 5.41) is 3.61. The maximum atomic E-state index is 13.3. The molecule has 0 spiro atoms. The third-order valence-corrected chi connectivity index (χ3v) is 4.18. The zero-order valence-corrected chi connectivity index (χ0v) is 14.3. The van der Waals surface area contributed by atoms with Crippen molar-refractivity contribution in [1.82, 2.24) is 4.98 Å². The van der Waals surface area contributed by atoms with E-state index in [2.05, 4.69) is 10.3 Å². The molecule has 0 bridgehead atoms. The number of aryl methyl sites for hydroxylation is 1. The fraction of sp³-hybridized carbons (Fsp3) is 0.200. The number of carbonyl (C=O) groups is 1. The average molecular weight is 338 g/mol. The molecule has 25 heavy (non-hydrogen) atoms. The Morgan fingerprint density at radius 3 is 2.76 bits per heavy atom. The fourth-order valence-electron chi connectivity index (χ4n) is 2.67. The van der Waals surface area contributed by atoms with Gasteiger partial charge in [0.1, 0.15) is 5.82 Å². The SMILES string of the molecule is CO[C@@H](C)c1cccc(NC(=O)c2cc3ccc(F)cc3nc2C)c1. The normalized spacial score (nSPS) is 12.2. The Morgan fingerprint density at radius 2 is 2.00 bits per heavy atom. The minimum Gasteiger partial charge on any atom is -0.377 e. The Bertz CT molecular complexity index is 940. The Kier molecular flexibility index (Phi) is 4.76. The van der Waals surface area contributed by atoms with Gasteiger partial charge in [-0.2, -0.15) is 0 Å². The third kappa shape index (κ3) is 3.67. The summed E-state index contributed by atoms with van der Waals surface area (Å²) < 4.78 is 18.6. The first kappa shape index (κ1) is 17.0. The maximum Gasteiger partial charge on any atom is 0.257 e. The summed E-state index contributed by atoms with van der Waals surface area (Å²) >= 11 is 0. The highest BCUT2D eigenvalue weighted by Crippen LogP contribution is 2.22. The number of nitrogens with zero attached hydrogens (tertiary/aromatic N) is 1. The molecule has 0 saturated heterocycles. The van der Waals surface area contributed by atoms with Crippen LogP contribution in [0.5, 0.6) is 0 Å². The van der Waals surface area contributed by atoms with Gasteiger partial charge in [-0.25, -0.2) is 4.39 Å². The molecule has 0 aliphatic carbocycles. The summed E-state index contributed by atoms with van der Waals surface area (Å²) in [5.41, 5.74) is 3.21. The Labute approximate surface area is 145 Å². The van der Waals surface area contributed by atoms with Crippen molar-refractivity contribution in [3.8, 4) is 0 Å². The van der Waals surface area contributed by atoms with E-state index < -0.39 is 0 Å². The van der Waals surface area contributed by atoms with Gasteiger partial charge in [0.25, 0.3) is 5.91 Å². The quantitative estimate of drug-likeness (QED) is 0.754. The van der Waals surface area contributed by atoms with E-state index in [0.717, 1.165) is 10.9 Å². The van der Waals surface area contributed by atoms with E-state index >= 15 is 0 Å². The predicted molar refractivity (Wildman–Crippen MR) is 96.3 cm³/mol. The van der Waals surface area contributed by atoms with Crippen LogP contribution in [-0.2, 0) is 4.74 Å². The molecule has 0 saturated carbocycles. The monoisotopic (exact) mass is 338 g/mol. The maximum absolute atomic E-state index is 13.3. The van der Waals surface area contributed by atoms with Crippen LogP contribution in [0.3, 0.4) is 0 Å². The molecule has 3 rings (SSSR count). The molecule has 3 aromatic rings. The fourth-order valence-corrected chi connectivity index (χ4v) is 2.67. The summed E-state index contributed by atoms with van der Waals surface area (Å²) in [6.07, 6.45) is -0.0594. The number of hydrogen-bond donors (Lipinski definition) is 1. The molecule has 4 nitrogen and oxygen atoms in total. The van der Waals surface area contributed by atoms with Gasteiger partial charge in [-0.1, -0.05) is 12.1 Å². The molecule has 1 heterocycles. The average Bonchev–Trinajstić information content (AvgIpc) is 2.60. The molecule has 0 radical (unpaired) electrons. The van der Waals surface area contributed by atoms with Crippen molar-refractivity contribution in [2.75, 3.05) is 12.4 Å². The molecular weight excluding hydrogens is 319 g/mol. The number of benzene rings is 2. The van der Waals surface area contributed by atoms with Gasteiger partial charge in [0.2, 0.25) is 0 Å². The van der Waals surface area contributed by atoms with Crippen LogP contribution in [0.15, 0.2) is 48.5 Å². The minimum absolute atomic E-state index is 0.0594. The zero-order chi connectivity index (χ0) is 18.0. The van der Waals surface area contributed by atoms with Crippen molar-refractivity contribution in [1.29, 1.82) is 0 Å². The van der Waals surface area contributed by atoms with Gasteiger partial charge in [0.15, 0.2) is 0 Å². The van der Waals surface area contributed by atoms with Gasteiger partial charge >= 0.3 is 0 Å². The van der Waals surface area contributed by atoms with Gasteiger partial charge in [0, 0.05) is 24.2 Å². The van der Waals surface area contributed by atoms with Crippen LogP contribution in [0.2, 0.25) is 0 Å². The number of nitrogens with one attached hydrogen (secondary N) is 1. The lowest BCUT2D eigenvalue weighted by molar-refractivity contribution is 0.102. The van der Waals surface area contributed by atoms with Gasteiger partial charge < -0.3 is 10.1 Å². The topological polar surface area (TPSA) is 51.2 Å². The van der Waals surface area contributed by atoms with E-state index in [4.69, 9.17) is 4.74 Å². The van der Waals surface area contributed by atoms with Crippen LogP contribution < -0.4 is 5.32 Å². The predicted octanol–water partition coefficient (Wildman–Crippen LogP) is 4.64. The summed E-state index contributed by atoms with van der Waals surface area (Å²) in [5.74, 6) is -0.598. The number of methoxy groups -OCH3 is 1. The number of fused-ring (bicyclic) bond motifs is 1. The van der Waals surface area contributed by atoms with Crippen molar-refractivity contribution < 1.29 is 13.9 Å². The lowest BCUT2D eigenvalue weighted by Gasteiger charge is -2.13. The highest BCUT2D eigenvalue weighted by Gasteiger charge is 2.13. The second-order valence-electron chi connectivity index (χ2n) is 5.92. The van der Waals surface area contributed by atoms with Crippen molar-refractivity contribution >= 4 is 22.5 Å². The van der Waals surface area contributed by atoms with E-state index in [1.54, 1.807) is 26.2 Å². The molecule has 128 valence electrons. The summed E-state index contributed by atoms with van der Waals surface area (Å²) in [6.45, 7) is 3.68. The van der Waals surface area contributed by atoms with Crippen molar-refractivity contribution in [2.45, 2.75) is 20.0 Å². The number of anilines is 1. The molecule has 1 aromatic heterocycles. The van der Waals surface area contributed by atoms with Crippen LogP contribution >= 0.6 is 0 Å². The van der Waals surface area contributed by atoms with Gasteiger partial charge in [0.05, 0.1) is 22.9 Å². The molecule has 0 fully saturated rings. The molecule has 0 aliphatic rings. The second kappa shape index (κ2) is 6.99. The Balaban J connectivity index is 1.90. The highest BCUT2D eigenvalue weighted by molar-refractivity contribution is 6.06. The number of carbonyl (C=O) groups excluding carboxylic acids is 1. The van der Waals surface area contributed by atoms with Crippen LogP contribution in [0.1, 0.15) is 34.6 Å². The number of rotatable bonds is 4. The first-order chi connectivity index (χ1) is 12.0. The molecule has 5 heteroatoms. The van der Waals surface area contributed by atoms with E-state index in [1.165, 1.54) is 12.1 Å². The van der Waals surface area contributed by atoms with E-state index in [9.17, 15) is 9.18 Å². The van der Waals surface area contributed by atoms with Crippen LogP contribution in [0.4, 0.5) is 10.1 Å². The first-order valence-electron chi connectivity index (χ1n) is 7.99. The molecule has 1 amide bonds. The summed E-state index contributed by atoms with van der Waals surface area (Å²) in [6, 6.07) is 13.6. The second-order valence-corrected chi connectivity index (χ2v) is 5.92. The molecule has 2 aromatic carbocycles. The number of aromatic nitrogens is 1. The number of ether oxygens (including phenoxy) is 1. The van der Waals surface area contributed by atoms with Crippen LogP contribution in [0, 0.1) is 12.7 Å². The van der Waals surface area contributed by atoms with Crippen LogP contribution in [0.25, 0.3) is 10.9 Å². The summed E-state index contributed by atoms with van der Waals surface area (Å²) in [7, 11) is 1.64. The molecule has 1 N–H and O–H groups in total. The van der Waals surface area contributed by atoms with Gasteiger partial charge in [-0.3, -0.25) is 9.78 Å². The Morgan fingerprint density at radius 1 is 1.20 bits per heavy atom. The minimum atomic E-state index is -0.347. The number of halogens is 1. The van der Waals surface area contributed by atoms with Gasteiger partial charge in [-0.15, -0.1) is 0 Å². The molecule has 1 atom stereocenters. The Hall–Kier alpha value is -2.79. The molecule has 0 aliphatic heterocycles. The number of amides is 1. The van der Waals surface area contributed by atoms with Crippen molar-refractivity contribution in [2.24, 2.45) is 0 Å². The molecule has 0 unspecified atom stereocenters.